The van der Waals surface area contributed by atoms with Crippen LogP contribution in [0.15, 0.2) is 29.2 Å². The van der Waals surface area contributed by atoms with E-state index in [4.69, 9.17) is 16.7 Å². The number of nitrogens with zero attached hydrogens (tertiary/aromatic N) is 1. The van der Waals surface area contributed by atoms with Crippen LogP contribution in [-0.2, 0) is 9.59 Å². The lowest BCUT2D eigenvalue weighted by Crippen LogP contribution is -2.38. The van der Waals surface area contributed by atoms with Gasteiger partial charge in [0.1, 0.15) is 0 Å². The Hall–Kier alpha value is -1.20. The van der Waals surface area contributed by atoms with Gasteiger partial charge in [0.15, 0.2) is 0 Å². The molecule has 1 amide bonds. The van der Waals surface area contributed by atoms with Gasteiger partial charge in [-0.25, -0.2) is 0 Å². The minimum Gasteiger partial charge on any atom is -0.481 e. The molecule has 1 atom stereocenters. The molecule has 1 fully saturated rings. The number of rotatable bonds is 8. The fourth-order valence-corrected chi connectivity index (χ4v) is 3.34. The van der Waals surface area contributed by atoms with Crippen molar-refractivity contribution in [3.63, 3.8) is 0 Å². The molecule has 0 radical (unpaired) electrons. The number of thioether (sulfide) groups is 1. The number of amides is 1. The third-order valence-electron chi connectivity index (χ3n) is 3.61. The number of halogens is 1. The summed E-state index contributed by atoms with van der Waals surface area (Å²) in [7, 11) is 0. The van der Waals surface area contributed by atoms with Crippen molar-refractivity contribution in [2.24, 2.45) is 5.92 Å². The summed E-state index contributed by atoms with van der Waals surface area (Å²) in [6.07, 6.45) is 2.37. The molecule has 1 aliphatic carbocycles. The van der Waals surface area contributed by atoms with Crippen LogP contribution >= 0.6 is 23.4 Å². The highest BCUT2D eigenvalue weighted by molar-refractivity contribution is 7.99. The Bertz CT molecular complexity index is 548. The lowest BCUT2D eigenvalue weighted by Gasteiger charge is -2.24. The van der Waals surface area contributed by atoms with Crippen LogP contribution in [0.5, 0.6) is 0 Å². The number of aliphatic carboxylic acids is 1. The molecule has 1 saturated carbocycles. The topological polar surface area (TPSA) is 57.6 Å². The first-order chi connectivity index (χ1) is 10.5. The van der Waals surface area contributed by atoms with E-state index in [0.717, 1.165) is 17.7 Å². The van der Waals surface area contributed by atoms with Gasteiger partial charge in [0.25, 0.3) is 0 Å². The van der Waals surface area contributed by atoms with Crippen molar-refractivity contribution in [2.45, 2.75) is 37.1 Å². The lowest BCUT2D eigenvalue weighted by molar-refractivity contribution is -0.143. The summed E-state index contributed by atoms with van der Waals surface area (Å²) in [6.45, 7) is 1.94. The van der Waals surface area contributed by atoms with Crippen LogP contribution in [0.1, 0.15) is 26.2 Å². The number of carboxylic acid groups (broad SMARTS) is 1. The average molecular weight is 342 g/mol. The number of benzene rings is 1. The summed E-state index contributed by atoms with van der Waals surface area (Å²) in [5, 5.41) is 9.71. The van der Waals surface area contributed by atoms with Crippen molar-refractivity contribution in [1.29, 1.82) is 0 Å². The van der Waals surface area contributed by atoms with E-state index in [1.807, 2.05) is 24.3 Å². The third kappa shape index (κ3) is 4.92. The molecule has 1 aliphatic rings. The Morgan fingerprint density at radius 2 is 2.09 bits per heavy atom. The molecule has 0 heterocycles. The number of carbonyl (C=O) groups is 2. The van der Waals surface area contributed by atoms with E-state index in [0.29, 0.717) is 23.7 Å². The van der Waals surface area contributed by atoms with E-state index in [1.165, 1.54) is 0 Å². The molecular formula is C16H20ClNO3S. The Kier molecular flexibility index (Phi) is 6.15. The molecule has 120 valence electrons. The molecule has 0 bridgehead atoms. The minimum absolute atomic E-state index is 0.0372. The normalized spacial score (nSPS) is 15.4. The van der Waals surface area contributed by atoms with E-state index in [1.54, 1.807) is 23.6 Å². The van der Waals surface area contributed by atoms with Gasteiger partial charge >= 0.3 is 5.97 Å². The quantitative estimate of drug-likeness (QED) is 0.735. The number of carboxylic acids is 1. The van der Waals surface area contributed by atoms with Gasteiger partial charge in [0, 0.05) is 29.7 Å². The largest absolute Gasteiger partial charge is 0.481 e. The summed E-state index contributed by atoms with van der Waals surface area (Å²) < 4.78 is 0. The van der Waals surface area contributed by atoms with Crippen LogP contribution in [0.4, 0.5) is 0 Å². The summed E-state index contributed by atoms with van der Waals surface area (Å²) in [5.41, 5.74) is 0. The molecule has 6 heteroatoms. The van der Waals surface area contributed by atoms with Crippen LogP contribution in [0.2, 0.25) is 5.02 Å². The molecule has 0 spiro atoms. The molecule has 22 heavy (non-hydrogen) atoms. The third-order valence-corrected chi connectivity index (χ3v) is 5.13. The fraction of sp³-hybridized carbons (Fsp3) is 0.500. The smallest absolute Gasteiger partial charge is 0.308 e. The van der Waals surface area contributed by atoms with E-state index >= 15 is 0 Å². The van der Waals surface area contributed by atoms with Gasteiger partial charge in [-0.05, 0) is 25.0 Å². The maximum Gasteiger partial charge on any atom is 0.308 e. The molecule has 1 unspecified atom stereocenters. The van der Waals surface area contributed by atoms with Gasteiger partial charge in [-0.15, -0.1) is 11.8 Å². The number of hydrogen-bond acceptors (Lipinski definition) is 3. The molecule has 0 aromatic heterocycles. The zero-order valence-electron chi connectivity index (χ0n) is 12.5. The molecule has 0 aliphatic heterocycles. The van der Waals surface area contributed by atoms with E-state index in [-0.39, 0.29) is 11.9 Å². The summed E-state index contributed by atoms with van der Waals surface area (Å²) in [5.74, 6) is -0.701. The molecule has 1 aromatic carbocycles. The standard InChI is InChI=1S/C16H20ClNO3S/c1-11(16(20)21)10-18(12-6-7-12)15(19)8-9-22-14-5-3-2-4-13(14)17/h2-5,11-12H,6-10H2,1H3,(H,20,21). The van der Waals surface area contributed by atoms with Crippen LogP contribution in [0.25, 0.3) is 0 Å². The van der Waals surface area contributed by atoms with E-state index < -0.39 is 11.9 Å². The Morgan fingerprint density at radius 3 is 2.68 bits per heavy atom. The molecule has 1 N–H and O–H groups in total. The van der Waals surface area contributed by atoms with E-state index in [9.17, 15) is 9.59 Å². The van der Waals surface area contributed by atoms with Crippen molar-refractivity contribution >= 4 is 35.2 Å². The zero-order valence-corrected chi connectivity index (χ0v) is 14.1. The molecule has 4 nitrogen and oxygen atoms in total. The Morgan fingerprint density at radius 1 is 1.41 bits per heavy atom. The van der Waals surface area contributed by atoms with Crippen molar-refractivity contribution in [1.82, 2.24) is 4.90 Å². The first-order valence-corrected chi connectivity index (χ1v) is 8.75. The highest BCUT2D eigenvalue weighted by Gasteiger charge is 2.34. The van der Waals surface area contributed by atoms with Gasteiger partial charge in [-0.1, -0.05) is 30.7 Å². The Balaban J connectivity index is 1.84. The van der Waals surface area contributed by atoms with Crippen LogP contribution in [0.3, 0.4) is 0 Å². The van der Waals surface area contributed by atoms with Gasteiger partial charge in [-0.2, -0.15) is 0 Å². The first-order valence-electron chi connectivity index (χ1n) is 7.38. The van der Waals surface area contributed by atoms with Crippen molar-refractivity contribution in [3.05, 3.63) is 29.3 Å². The lowest BCUT2D eigenvalue weighted by atomic mass is 10.1. The van der Waals surface area contributed by atoms with Crippen molar-refractivity contribution in [3.8, 4) is 0 Å². The minimum atomic E-state index is -0.858. The van der Waals surface area contributed by atoms with E-state index in [2.05, 4.69) is 0 Å². The van der Waals surface area contributed by atoms with Crippen molar-refractivity contribution < 1.29 is 14.7 Å². The molecule has 2 rings (SSSR count). The van der Waals surface area contributed by atoms with Crippen molar-refractivity contribution in [2.75, 3.05) is 12.3 Å². The zero-order chi connectivity index (χ0) is 16.1. The highest BCUT2D eigenvalue weighted by Crippen LogP contribution is 2.30. The monoisotopic (exact) mass is 341 g/mol. The highest BCUT2D eigenvalue weighted by atomic mass is 35.5. The van der Waals surface area contributed by atoms with Gasteiger partial charge in [0.2, 0.25) is 5.91 Å². The van der Waals surface area contributed by atoms with Gasteiger partial charge < -0.3 is 10.0 Å². The van der Waals surface area contributed by atoms with Crippen LogP contribution < -0.4 is 0 Å². The first kappa shape index (κ1) is 17.2. The summed E-state index contributed by atoms with van der Waals surface area (Å²) in [4.78, 5) is 26.0. The second-order valence-corrected chi connectivity index (χ2v) is 7.09. The second-order valence-electron chi connectivity index (χ2n) is 5.55. The maximum absolute atomic E-state index is 12.3. The van der Waals surface area contributed by atoms with Gasteiger partial charge in [-0.3, -0.25) is 9.59 Å². The Labute approximate surface area is 139 Å². The summed E-state index contributed by atoms with van der Waals surface area (Å²) in [6, 6.07) is 7.79. The average Bonchev–Trinajstić information content (AvgIpc) is 3.30. The fourth-order valence-electron chi connectivity index (χ4n) is 2.17. The molecular weight excluding hydrogens is 322 g/mol. The van der Waals surface area contributed by atoms with Gasteiger partial charge in [0.05, 0.1) is 10.9 Å². The second kappa shape index (κ2) is 7.88. The number of carbonyl (C=O) groups excluding carboxylic acids is 1. The van der Waals surface area contributed by atoms with Crippen LogP contribution in [-0.4, -0.2) is 40.2 Å². The number of hydrogen-bond donors (Lipinski definition) is 1. The predicted octanol–water partition coefficient (Wildman–Crippen LogP) is 3.53. The maximum atomic E-state index is 12.3. The SMILES string of the molecule is CC(CN(C(=O)CCSc1ccccc1Cl)C1CC1)C(=O)O. The predicted molar refractivity (Wildman–Crippen MR) is 88.3 cm³/mol. The molecule has 1 aromatic rings. The summed E-state index contributed by atoms with van der Waals surface area (Å²) >= 11 is 7.64. The molecule has 0 saturated heterocycles. The van der Waals surface area contributed by atoms with Crippen LogP contribution in [0, 0.1) is 5.92 Å².